The third-order valence-electron chi connectivity index (χ3n) is 3.67. The Balaban J connectivity index is 2.11. The van der Waals surface area contributed by atoms with Gasteiger partial charge in [-0.1, -0.05) is 0 Å². The van der Waals surface area contributed by atoms with Crippen LogP contribution in [0.2, 0.25) is 0 Å². The lowest BCUT2D eigenvalue weighted by molar-refractivity contribution is 0.0593. The second kappa shape index (κ2) is 7.22. The minimum absolute atomic E-state index is 0.184. The molecule has 0 aliphatic carbocycles. The molecule has 0 saturated carbocycles. The maximum absolute atomic E-state index is 11.7. The largest absolute Gasteiger partial charge is 0.464 e. The molecule has 1 aromatic heterocycles. The fourth-order valence-electron chi connectivity index (χ4n) is 2.59. The predicted octanol–water partition coefficient (Wildman–Crippen LogP) is 0.337. The fraction of sp³-hybridized carbons (Fsp3) is 0.643. The van der Waals surface area contributed by atoms with Crippen molar-refractivity contribution in [3.8, 4) is 0 Å². The lowest BCUT2D eigenvalue weighted by Crippen LogP contribution is -2.41. The number of ether oxygens (including phenoxy) is 1. The maximum atomic E-state index is 11.7. The van der Waals surface area contributed by atoms with E-state index in [0.29, 0.717) is 24.7 Å². The van der Waals surface area contributed by atoms with Crippen LogP contribution in [0.5, 0.6) is 0 Å². The Labute approximate surface area is 136 Å². The Bertz CT molecular complexity index is 677. The number of aromatic nitrogens is 2. The maximum Gasteiger partial charge on any atom is 0.356 e. The van der Waals surface area contributed by atoms with Crippen LogP contribution in [-0.4, -0.2) is 57.4 Å². The molecule has 1 aromatic rings. The SMILES string of the molecule is COC(=O)c1cc(C)nc(N2CCC[C@H](CNS(C)(=O)=O)C2)n1. The summed E-state index contributed by atoms with van der Waals surface area (Å²) < 4.78 is 29.7. The summed E-state index contributed by atoms with van der Waals surface area (Å²) in [4.78, 5) is 22.3. The summed E-state index contributed by atoms with van der Waals surface area (Å²) in [5.41, 5.74) is 0.915. The molecule has 23 heavy (non-hydrogen) atoms. The zero-order valence-electron chi connectivity index (χ0n) is 13.6. The second-order valence-corrected chi connectivity index (χ2v) is 7.59. The quantitative estimate of drug-likeness (QED) is 0.770. The number of rotatable bonds is 5. The van der Waals surface area contributed by atoms with E-state index in [4.69, 9.17) is 4.74 Å². The van der Waals surface area contributed by atoms with Gasteiger partial charge in [0.25, 0.3) is 0 Å². The van der Waals surface area contributed by atoms with E-state index in [1.807, 2.05) is 4.90 Å². The van der Waals surface area contributed by atoms with Gasteiger partial charge in [-0.2, -0.15) is 0 Å². The Hall–Kier alpha value is -1.74. The van der Waals surface area contributed by atoms with Crippen LogP contribution in [0.25, 0.3) is 0 Å². The zero-order valence-corrected chi connectivity index (χ0v) is 14.4. The van der Waals surface area contributed by atoms with E-state index in [-0.39, 0.29) is 11.6 Å². The number of methoxy groups -OCH3 is 1. The highest BCUT2D eigenvalue weighted by molar-refractivity contribution is 7.88. The smallest absolute Gasteiger partial charge is 0.356 e. The zero-order chi connectivity index (χ0) is 17.0. The molecule has 0 unspecified atom stereocenters. The van der Waals surface area contributed by atoms with Gasteiger partial charge < -0.3 is 9.64 Å². The highest BCUT2D eigenvalue weighted by Gasteiger charge is 2.23. The van der Waals surface area contributed by atoms with Gasteiger partial charge in [-0.3, -0.25) is 0 Å². The molecule has 0 amide bonds. The number of esters is 1. The van der Waals surface area contributed by atoms with E-state index in [1.165, 1.54) is 7.11 Å². The van der Waals surface area contributed by atoms with E-state index in [9.17, 15) is 13.2 Å². The highest BCUT2D eigenvalue weighted by Crippen LogP contribution is 2.21. The molecule has 1 atom stereocenters. The Kier molecular flexibility index (Phi) is 5.53. The van der Waals surface area contributed by atoms with Crippen molar-refractivity contribution in [2.24, 2.45) is 5.92 Å². The third-order valence-corrected chi connectivity index (χ3v) is 4.36. The Morgan fingerprint density at radius 3 is 2.87 bits per heavy atom. The highest BCUT2D eigenvalue weighted by atomic mass is 32.2. The van der Waals surface area contributed by atoms with Crippen LogP contribution in [0.3, 0.4) is 0 Å². The summed E-state index contributed by atoms with van der Waals surface area (Å²) >= 11 is 0. The number of carbonyl (C=O) groups is 1. The molecule has 0 bridgehead atoms. The summed E-state index contributed by atoms with van der Waals surface area (Å²) in [6, 6.07) is 1.59. The number of aryl methyl sites for hydroxylation is 1. The van der Waals surface area contributed by atoms with Crippen molar-refractivity contribution in [3.05, 3.63) is 17.5 Å². The third kappa shape index (κ3) is 5.14. The summed E-state index contributed by atoms with van der Waals surface area (Å²) in [6.45, 7) is 3.61. The molecule has 0 aromatic carbocycles. The van der Waals surface area contributed by atoms with Crippen molar-refractivity contribution in [3.63, 3.8) is 0 Å². The lowest BCUT2D eigenvalue weighted by atomic mass is 9.99. The van der Waals surface area contributed by atoms with Gasteiger partial charge in [0.15, 0.2) is 5.69 Å². The molecule has 8 nitrogen and oxygen atoms in total. The minimum Gasteiger partial charge on any atom is -0.464 e. The average Bonchev–Trinajstić information content (AvgIpc) is 2.51. The number of nitrogens with one attached hydrogen (secondary N) is 1. The van der Waals surface area contributed by atoms with Crippen LogP contribution in [-0.2, 0) is 14.8 Å². The van der Waals surface area contributed by atoms with Gasteiger partial charge in [0.2, 0.25) is 16.0 Å². The van der Waals surface area contributed by atoms with Gasteiger partial charge in [0.1, 0.15) is 0 Å². The second-order valence-electron chi connectivity index (χ2n) is 5.76. The monoisotopic (exact) mass is 342 g/mol. The number of anilines is 1. The van der Waals surface area contributed by atoms with Crippen LogP contribution in [0.1, 0.15) is 29.0 Å². The molecule has 1 saturated heterocycles. The first kappa shape index (κ1) is 17.6. The predicted molar refractivity (Wildman–Crippen MR) is 85.9 cm³/mol. The van der Waals surface area contributed by atoms with Crippen molar-refractivity contribution >= 4 is 21.9 Å². The molecular weight excluding hydrogens is 320 g/mol. The van der Waals surface area contributed by atoms with Crippen LogP contribution in [0, 0.1) is 12.8 Å². The van der Waals surface area contributed by atoms with Crippen LogP contribution in [0.15, 0.2) is 6.07 Å². The summed E-state index contributed by atoms with van der Waals surface area (Å²) in [6.07, 6.45) is 3.01. The summed E-state index contributed by atoms with van der Waals surface area (Å²) in [5, 5.41) is 0. The van der Waals surface area contributed by atoms with Crippen LogP contribution < -0.4 is 9.62 Å². The normalized spacial score (nSPS) is 18.7. The average molecular weight is 342 g/mol. The van der Waals surface area contributed by atoms with Gasteiger partial charge in [-0.15, -0.1) is 0 Å². The first-order chi connectivity index (χ1) is 10.8. The molecule has 0 radical (unpaired) electrons. The summed E-state index contributed by atoms with van der Waals surface area (Å²) in [7, 11) is -1.88. The van der Waals surface area contributed by atoms with Crippen molar-refractivity contribution in [2.75, 3.05) is 37.9 Å². The number of carbonyl (C=O) groups excluding carboxylic acids is 1. The minimum atomic E-state index is -3.19. The Morgan fingerprint density at radius 2 is 2.22 bits per heavy atom. The molecule has 1 aliphatic rings. The first-order valence-electron chi connectivity index (χ1n) is 7.42. The van der Waals surface area contributed by atoms with Gasteiger partial charge in [-0.25, -0.2) is 27.9 Å². The molecule has 1 N–H and O–H groups in total. The van der Waals surface area contributed by atoms with Crippen molar-refractivity contribution in [2.45, 2.75) is 19.8 Å². The standard InChI is InChI=1S/C14H22N4O4S/c1-10-7-12(13(19)22-2)17-14(16-10)18-6-4-5-11(9-18)8-15-23(3,20)21/h7,11,15H,4-6,8-9H2,1-3H3/t11-/m1/s1. The number of sulfonamides is 1. The molecule has 2 rings (SSSR count). The van der Waals surface area contributed by atoms with Gasteiger partial charge in [0, 0.05) is 25.3 Å². The van der Waals surface area contributed by atoms with Crippen LogP contribution >= 0.6 is 0 Å². The molecule has 128 valence electrons. The fourth-order valence-corrected chi connectivity index (χ4v) is 3.12. The number of piperidine rings is 1. The first-order valence-corrected chi connectivity index (χ1v) is 9.31. The van der Waals surface area contributed by atoms with E-state index in [0.717, 1.165) is 25.6 Å². The van der Waals surface area contributed by atoms with Crippen LogP contribution in [0.4, 0.5) is 5.95 Å². The Morgan fingerprint density at radius 1 is 1.48 bits per heavy atom. The number of hydrogen-bond donors (Lipinski definition) is 1. The van der Waals surface area contributed by atoms with E-state index in [2.05, 4.69) is 14.7 Å². The summed E-state index contributed by atoms with van der Waals surface area (Å²) in [5.74, 6) is 0.169. The van der Waals surface area contributed by atoms with Crippen molar-refractivity contribution < 1.29 is 17.9 Å². The van der Waals surface area contributed by atoms with Gasteiger partial charge in [0.05, 0.1) is 13.4 Å². The number of nitrogens with zero attached hydrogens (tertiary/aromatic N) is 3. The molecule has 1 fully saturated rings. The van der Waals surface area contributed by atoms with Gasteiger partial charge >= 0.3 is 5.97 Å². The topological polar surface area (TPSA) is 101 Å². The number of hydrogen-bond acceptors (Lipinski definition) is 7. The molecular formula is C14H22N4O4S. The van der Waals surface area contributed by atoms with Crippen molar-refractivity contribution in [1.29, 1.82) is 0 Å². The van der Waals surface area contributed by atoms with E-state index >= 15 is 0 Å². The lowest BCUT2D eigenvalue weighted by Gasteiger charge is -2.33. The molecule has 1 aliphatic heterocycles. The van der Waals surface area contributed by atoms with E-state index < -0.39 is 16.0 Å². The molecule has 0 spiro atoms. The molecule has 9 heteroatoms. The van der Waals surface area contributed by atoms with E-state index in [1.54, 1.807) is 13.0 Å². The van der Waals surface area contributed by atoms with Crippen molar-refractivity contribution in [1.82, 2.24) is 14.7 Å². The van der Waals surface area contributed by atoms with Gasteiger partial charge in [-0.05, 0) is 31.7 Å². The molecule has 2 heterocycles.